The van der Waals surface area contributed by atoms with Gasteiger partial charge in [0.15, 0.2) is 12.2 Å². The van der Waals surface area contributed by atoms with Crippen molar-refractivity contribution in [2.45, 2.75) is 58.3 Å². The third kappa shape index (κ3) is 13.7. The number of amides is 2. The lowest BCUT2D eigenvalue weighted by atomic mass is 9.62. The van der Waals surface area contributed by atoms with Gasteiger partial charge in [-0.15, -0.1) is 12.8 Å². The van der Waals surface area contributed by atoms with Crippen molar-refractivity contribution < 1.29 is 38.0 Å². The van der Waals surface area contributed by atoms with Crippen LogP contribution in [0.4, 0.5) is 9.59 Å². The van der Waals surface area contributed by atoms with Gasteiger partial charge in [0.1, 0.15) is 37.9 Å². The second kappa shape index (κ2) is 18.6. The molecule has 0 saturated heterocycles. The van der Waals surface area contributed by atoms with Gasteiger partial charge in [0.25, 0.3) is 0 Å². The molecular formula is C36H46N2O8. The van der Waals surface area contributed by atoms with Crippen LogP contribution in [-0.2, 0) is 18.9 Å². The number of benzene rings is 2. The fraction of sp³-hybridized carbons (Fsp3) is 0.500. The number of alkyl carbamates (subject to hydrolysis) is 2. The quantitative estimate of drug-likeness (QED) is 0.180. The van der Waals surface area contributed by atoms with Crippen molar-refractivity contribution in [3.63, 3.8) is 0 Å². The second-order valence-corrected chi connectivity index (χ2v) is 12.5. The molecule has 10 nitrogen and oxygen atoms in total. The van der Waals surface area contributed by atoms with Gasteiger partial charge < -0.3 is 39.1 Å². The summed E-state index contributed by atoms with van der Waals surface area (Å²) in [7, 11) is 0. The summed E-state index contributed by atoms with van der Waals surface area (Å²) in [5.41, 5.74) is -0.447. The van der Waals surface area contributed by atoms with Crippen LogP contribution in [0.2, 0.25) is 0 Å². The van der Waals surface area contributed by atoms with Gasteiger partial charge in [-0.25, -0.2) is 9.59 Å². The van der Waals surface area contributed by atoms with Crippen LogP contribution in [0.5, 0.6) is 11.5 Å². The van der Waals surface area contributed by atoms with Crippen molar-refractivity contribution in [1.29, 1.82) is 0 Å². The SMILES string of the molecule is C#CCOCC(COc1ccccc1)OC(=O)NCC1(C)CC(NC(=O)OC(COCC#C)COc2ccccc2)CC(C)(C)C1. The Kier molecular flexibility index (Phi) is 14.6. The standard InChI is InChI=1S/C36H46N2O8/c1-6-18-41-22-31(24-43-29-14-10-8-11-15-29)45-33(39)37-27-36(5)21-28(20-35(3,4)26-36)38-34(40)46-32(23-42-19-7-2)25-44-30-16-12-9-13-17-30/h1-2,8-17,28,31-32H,18-27H2,3-5H3,(H,37,39)(H,38,40). The van der Waals surface area contributed by atoms with Gasteiger partial charge in [-0.2, -0.15) is 0 Å². The van der Waals surface area contributed by atoms with Gasteiger partial charge in [0.2, 0.25) is 0 Å². The van der Waals surface area contributed by atoms with Crippen molar-refractivity contribution in [1.82, 2.24) is 10.6 Å². The number of para-hydroxylation sites is 2. The van der Waals surface area contributed by atoms with Crippen LogP contribution >= 0.6 is 0 Å². The Hall–Kier alpha value is -4.38. The first kappa shape index (κ1) is 36.1. The minimum atomic E-state index is -0.670. The zero-order valence-electron chi connectivity index (χ0n) is 27.0. The van der Waals surface area contributed by atoms with E-state index in [9.17, 15) is 9.59 Å². The van der Waals surface area contributed by atoms with Gasteiger partial charge in [-0.3, -0.25) is 0 Å². The number of rotatable bonds is 17. The lowest BCUT2D eigenvalue weighted by Gasteiger charge is -2.46. The Morgan fingerprint density at radius 1 is 0.783 bits per heavy atom. The molecule has 248 valence electrons. The maximum atomic E-state index is 13.0. The van der Waals surface area contributed by atoms with Gasteiger partial charge in [-0.05, 0) is 54.4 Å². The second-order valence-electron chi connectivity index (χ2n) is 12.5. The van der Waals surface area contributed by atoms with Crippen LogP contribution in [0.3, 0.4) is 0 Å². The van der Waals surface area contributed by atoms with Gasteiger partial charge >= 0.3 is 12.2 Å². The molecule has 0 aromatic heterocycles. The van der Waals surface area contributed by atoms with E-state index in [1.165, 1.54) is 0 Å². The normalized spacial score (nSPS) is 19.7. The summed E-state index contributed by atoms with van der Waals surface area (Å²) in [6.45, 7) is 7.30. The van der Waals surface area contributed by atoms with Crippen molar-refractivity contribution >= 4 is 12.2 Å². The first-order chi connectivity index (χ1) is 22.1. The monoisotopic (exact) mass is 634 g/mol. The first-order valence-corrected chi connectivity index (χ1v) is 15.4. The fourth-order valence-corrected chi connectivity index (χ4v) is 5.84. The minimum Gasteiger partial charge on any atom is -0.490 e. The van der Waals surface area contributed by atoms with Crippen molar-refractivity contribution in [2.24, 2.45) is 10.8 Å². The van der Waals surface area contributed by atoms with E-state index >= 15 is 0 Å². The van der Waals surface area contributed by atoms with E-state index in [0.717, 1.165) is 12.8 Å². The Morgan fingerprint density at radius 3 is 1.78 bits per heavy atom. The number of ether oxygens (including phenoxy) is 6. The average Bonchev–Trinajstić information content (AvgIpc) is 3.01. The van der Waals surface area contributed by atoms with Gasteiger partial charge in [-0.1, -0.05) is 69.0 Å². The van der Waals surface area contributed by atoms with E-state index < -0.39 is 24.4 Å². The third-order valence-corrected chi connectivity index (χ3v) is 7.31. The van der Waals surface area contributed by atoms with Crippen LogP contribution in [0.15, 0.2) is 60.7 Å². The molecule has 4 unspecified atom stereocenters. The first-order valence-electron chi connectivity index (χ1n) is 15.4. The summed E-state index contributed by atoms with van der Waals surface area (Å²) in [6, 6.07) is 18.3. The van der Waals surface area contributed by atoms with Gasteiger partial charge in [0.05, 0.1) is 13.2 Å². The predicted molar refractivity (Wildman–Crippen MR) is 174 cm³/mol. The van der Waals surface area contributed by atoms with Crippen molar-refractivity contribution in [2.75, 3.05) is 46.2 Å². The molecule has 1 aliphatic rings. The lowest BCUT2D eigenvalue weighted by Crippen LogP contribution is -2.51. The molecular weight excluding hydrogens is 588 g/mol. The van der Waals surface area contributed by atoms with Crippen LogP contribution in [0.25, 0.3) is 0 Å². The Morgan fingerprint density at radius 2 is 1.28 bits per heavy atom. The molecule has 0 aliphatic heterocycles. The van der Waals surface area contributed by atoms with E-state index in [2.05, 4.69) is 43.2 Å². The smallest absolute Gasteiger partial charge is 0.407 e. The summed E-state index contributed by atoms with van der Waals surface area (Å²) in [4.78, 5) is 25.9. The van der Waals surface area contributed by atoms with Crippen LogP contribution in [-0.4, -0.2) is 76.6 Å². The number of carbonyl (C=O) groups is 2. The highest BCUT2D eigenvalue weighted by atomic mass is 16.6. The highest BCUT2D eigenvalue weighted by Gasteiger charge is 2.42. The molecule has 10 heteroatoms. The van der Waals surface area contributed by atoms with Crippen LogP contribution < -0.4 is 20.1 Å². The number of hydrogen-bond donors (Lipinski definition) is 2. The van der Waals surface area contributed by atoms with Gasteiger partial charge in [0, 0.05) is 12.6 Å². The van der Waals surface area contributed by atoms with Crippen LogP contribution in [0, 0.1) is 35.5 Å². The van der Waals surface area contributed by atoms with Crippen LogP contribution in [0.1, 0.15) is 40.0 Å². The van der Waals surface area contributed by atoms with Crippen molar-refractivity contribution in [3.05, 3.63) is 60.7 Å². The number of carbonyl (C=O) groups excluding carboxylic acids is 2. The Labute approximate surface area is 272 Å². The maximum absolute atomic E-state index is 13.0. The number of hydrogen-bond acceptors (Lipinski definition) is 8. The Balaban J connectivity index is 1.54. The summed E-state index contributed by atoms with van der Waals surface area (Å²) in [6.07, 6.45) is 10.3. The molecule has 1 fully saturated rings. The average molecular weight is 635 g/mol. The largest absolute Gasteiger partial charge is 0.490 e. The van der Waals surface area contributed by atoms with E-state index in [4.69, 9.17) is 41.3 Å². The minimum absolute atomic E-state index is 0.0913. The molecule has 1 saturated carbocycles. The summed E-state index contributed by atoms with van der Waals surface area (Å²) in [5, 5.41) is 5.93. The Bertz CT molecular complexity index is 1290. The number of nitrogens with one attached hydrogen (secondary N) is 2. The molecule has 0 bridgehead atoms. The zero-order chi connectivity index (χ0) is 33.3. The molecule has 46 heavy (non-hydrogen) atoms. The molecule has 2 amide bonds. The van der Waals surface area contributed by atoms with E-state index in [1.54, 1.807) is 0 Å². The highest BCUT2D eigenvalue weighted by Crippen LogP contribution is 2.45. The van der Waals surface area contributed by atoms with E-state index in [-0.39, 0.29) is 56.5 Å². The lowest BCUT2D eigenvalue weighted by molar-refractivity contribution is -0.00114. The molecule has 0 radical (unpaired) electrons. The summed E-state index contributed by atoms with van der Waals surface area (Å²) < 4.78 is 33.8. The summed E-state index contributed by atoms with van der Waals surface area (Å²) in [5.74, 6) is 6.12. The predicted octanol–water partition coefficient (Wildman–Crippen LogP) is 5.22. The molecule has 0 spiro atoms. The molecule has 2 aromatic carbocycles. The maximum Gasteiger partial charge on any atom is 0.407 e. The fourth-order valence-electron chi connectivity index (χ4n) is 5.84. The molecule has 1 aliphatic carbocycles. The van der Waals surface area contributed by atoms with E-state index in [0.29, 0.717) is 24.5 Å². The summed E-state index contributed by atoms with van der Waals surface area (Å²) >= 11 is 0. The topological polar surface area (TPSA) is 114 Å². The molecule has 4 atom stereocenters. The molecule has 3 rings (SSSR count). The number of terminal acetylenes is 2. The molecule has 0 heterocycles. The highest BCUT2D eigenvalue weighted by molar-refractivity contribution is 5.68. The molecule has 2 N–H and O–H groups in total. The van der Waals surface area contributed by atoms with E-state index in [1.807, 2.05) is 60.7 Å². The third-order valence-electron chi connectivity index (χ3n) is 7.31. The van der Waals surface area contributed by atoms with Crippen molar-refractivity contribution in [3.8, 4) is 36.2 Å². The zero-order valence-corrected chi connectivity index (χ0v) is 27.0. The molecule has 2 aromatic rings.